The zero-order valence-electron chi connectivity index (χ0n) is 21.7. The summed E-state index contributed by atoms with van der Waals surface area (Å²) in [6.45, 7) is 4.14. The van der Waals surface area contributed by atoms with Gasteiger partial charge in [0.2, 0.25) is 0 Å². The van der Waals surface area contributed by atoms with Gasteiger partial charge in [0.25, 0.3) is 11.8 Å². The Hall–Kier alpha value is -4.05. The summed E-state index contributed by atoms with van der Waals surface area (Å²) in [5.74, 6) is -1.29. The highest BCUT2D eigenvalue weighted by Gasteiger charge is 2.43. The molecule has 38 heavy (non-hydrogen) atoms. The van der Waals surface area contributed by atoms with Gasteiger partial charge in [0, 0.05) is 25.3 Å². The highest BCUT2D eigenvalue weighted by Crippen LogP contribution is 2.38. The number of fused-ring (bicyclic) bond motifs is 1. The van der Waals surface area contributed by atoms with Crippen LogP contribution in [0.2, 0.25) is 0 Å². The molecule has 1 aliphatic rings. The third-order valence-electron chi connectivity index (χ3n) is 7.43. The number of likely N-dealkylation sites (tertiary alicyclic amines) is 1. The summed E-state index contributed by atoms with van der Waals surface area (Å²) in [6.07, 6.45) is 2.92. The van der Waals surface area contributed by atoms with E-state index in [4.69, 9.17) is 4.74 Å². The van der Waals surface area contributed by atoms with E-state index in [1.165, 1.54) is 0 Å². The van der Waals surface area contributed by atoms with Gasteiger partial charge in [-0.3, -0.25) is 19.8 Å². The number of amides is 2. The maximum Gasteiger partial charge on any atom is 0.280 e. The average molecular weight is 519 g/mol. The molecule has 2 amide bonds. The van der Waals surface area contributed by atoms with Gasteiger partial charge in [0.15, 0.2) is 22.9 Å². The molecule has 198 valence electrons. The minimum atomic E-state index is -1.21. The van der Waals surface area contributed by atoms with Crippen molar-refractivity contribution in [2.75, 3.05) is 19.0 Å². The number of anilines is 1. The Labute approximate surface area is 219 Å². The van der Waals surface area contributed by atoms with Gasteiger partial charge in [-0.2, -0.15) is 10.2 Å². The van der Waals surface area contributed by atoms with E-state index >= 15 is 0 Å². The normalized spacial score (nSPS) is 17.4. The lowest BCUT2D eigenvalue weighted by molar-refractivity contribution is -0.158. The lowest BCUT2D eigenvalue weighted by Gasteiger charge is -2.41. The van der Waals surface area contributed by atoms with E-state index in [9.17, 15) is 14.0 Å². The number of hydrogen-bond acceptors (Lipinski definition) is 5. The summed E-state index contributed by atoms with van der Waals surface area (Å²) >= 11 is 0. The molecule has 1 saturated heterocycles. The molecule has 0 spiro atoms. The number of ether oxygens (including phenoxy) is 1. The van der Waals surface area contributed by atoms with Gasteiger partial charge in [0.05, 0.1) is 17.4 Å². The third kappa shape index (κ3) is 4.45. The molecule has 0 bridgehead atoms. The highest BCUT2D eigenvalue weighted by atomic mass is 19.1. The van der Waals surface area contributed by atoms with E-state index in [-0.39, 0.29) is 29.2 Å². The number of benzene rings is 2. The van der Waals surface area contributed by atoms with Gasteiger partial charge < -0.3 is 15.0 Å². The molecular formula is C28H31FN6O3. The molecule has 1 fully saturated rings. The summed E-state index contributed by atoms with van der Waals surface area (Å²) < 4.78 is 20.3. The van der Waals surface area contributed by atoms with Gasteiger partial charge in [-0.05, 0) is 43.4 Å². The number of rotatable bonds is 7. The van der Waals surface area contributed by atoms with Crippen LogP contribution in [-0.2, 0) is 21.6 Å². The summed E-state index contributed by atoms with van der Waals surface area (Å²) in [7, 11) is 1.56. The van der Waals surface area contributed by atoms with Crippen molar-refractivity contribution in [2.24, 2.45) is 0 Å². The van der Waals surface area contributed by atoms with E-state index in [2.05, 4.69) is 25.7 Å². The molecule has 2 unspecified atom stereocenters. The van der Waals surface area contributed by atoms with E-state index in [1.54, 1.807) is 20.1 Å². The summed E-state index contributed by atoms with van der Waals surface area (Å²) in [4.78, 5) is 28.6. The van der Waals surface area contributed by atoms with Crippen LogP contribution in [0.25, 0.3) is 10.8 Å². The molecule has 2 aromatic heterocycles. The van der Waals surface area contributed by atoms with Gasteiger partial charge >= 0.3 is 0 Å². The third-order valence-corrected chi connectivity index (χ3v) is 7.43. The van der Waals surface area contributed by atoms with Crippen molar-refractivity contribution in [3.05, 3.63) is 77.0 Å². The quantitative estimate of drug-likeness (QED) is 0.323. The van der Waals surface area contributed by atoms with Crippen LogP contribution in [-0.4, -0.2) is 50.8 Å². The molecule has 0 radical (unpaired) electrons. The van der Waals surface area contributed by atoms with Crippen LogP contribution in [0.3, 0.4) is 0 Å². The van der Waals surface area contributed by atoms with Crippen LogP contribution in [0.1, 0.15) is 66.6 Å². The number of carbonyl (C=O) groups excluding carboxylic acids is 2. The Morgan fingerprint density at radius 1 is 1.16 bits per heavy atom. The lowest BCUT2D eigenvalue weighted by atomic mass is 9.87. The topological polar surface area (TPSA) is 116 Å². The summed E-state index contributed by atoms with van der Waals surface area (Å²) in [5.41, 5.74) is 0.231. The fraction of sp³-hybridized carbons (Fsp3) is 0.357. The van der Waals surface area contributed by atoms with E-state index in [0.717, 1.165) is 35.6 Å². The van der Waals surface area contributed by atoms with Crippen molar-refractivity contribution in [2.45, 2.75) is 51.2 Å². The number of methoxy groups -OCH3 is 1. The monoisotopic (exact) mass is 518 g/mol. The zero-order chi connectivity index (χ0) is 26.9. The number of halogens is 1. The van der Waals surface area contributed by atoms with Crippen LogP contribution < -0.4 is 5.32 Å². The number of nitrogens with one attached hydrogen (secondary N) is 3. The van der Waals surface area contributed by atoms with Crippen molar-refractivity contribution in [3.8, 4) is 0 Å². The van der Waals surface area contributed by atoms with Gasteiger partial charge in [-0.15, -0.1) is 0 Å². The van der Waals surface area contributed by atoms with E-state index in [0.29, 0.717) is 18.7 Å². The number of aromatic amines is 2. The van der Waals surface area contributed by atoms with E-state index in [1.807, 2.05) is 54.3 Å². The molecule has 2 aromatic carbocycles. The number of aryl methyl sites for hydroxylation is 1. The molecular weight excluding hydrogens is 487 g/mol. The lowest BCUT2D eigenvalue weighted by Crippen LogP contribution is -2.49. The number of aromatic nitrogens is 4. The van der Waals surface area contributed by atoms with Crippen LogP contribution in [0.4, 0.5) is 10.2 Å². The molecule has 1 aliphatic heterocycles. The fourth-order valence-electron chi connectivity index (χ4n) is 5.22. The Kier molecular flexibility index (Phi) is 6.98. The minimum Gasteiger partial charge on any atom is -0.364 e. The number of piperidine rings is 1. The van der Waals surface area contributed by atoms with Crippen molar-refractivity contribution in [1.82, 2.24) is 25.3 Å². The van der Waals surface area contributed by atoms with Crippen molar-refractivity contribution in [1.29, 1.82) is 0 Å². The maximum absolute atomic E-state index is 14.4. The molecule has 0 saturated carbocycles. The first-order chi connectivity index (χ1) is 18.4. The molecule has 3 heterocycles. The largest absolute Gasteiger partial charge is 0.364 e. The van der Waals surface area contributed by atoms with Crippen molar-refractivity contribution < 1.29 is 18.7 Å². The number of hydrogen-bond donors (Lipinski definition) is 3. The number of H-pyrrole nitrogens is 2. The number of nitrogens with zero attached hydrogens (tertiary/aromatic N) is 3. The summed E-state index contributed by atoms with van der Waals surface area (Å²) in [6, 6.07) is 15.2. The second-order valence-electron chi connectivity index (χ2n) is 9.66. The predicted molar refractivity (Wildman–Crippen MR) is 141 cm³/mol. The molecule has 10 heteroatoms. The Balaban J connectivity index is 1.41. The fourth-order valence-corrected chi connectivity index (χ4v) is 5.22. The Bertz CT molecular complexity index is 1480. The predicted octanol–water partition coefficient (Wildman–Crippen LogP) is 4.86. The molecule has 4 aromatic rings. The smallest absolute Gasteiger partial charge is 0.280 e. The first-order valence-corrected chi connectivity index (χ1v) is 12.8. The highest BCUT2D eigenvalue weighted by molar-refractivity contribution is 6.02. The van der Waals surface area contributed by atoms with E-state index < -0.39 is 17.3 Å². The van der Waals surface area contributed by atoms with Gasteiger partial charge in [-0.1, -0.05) is 49.4 Å². The second-order valence-corrected chi connectivity index (χ2v) is 9.66. The SMILES string of the molecule is CCc1[nH]nc(C(=O)Nc2cc(C3CCCCN3C(=O)C(C)(OC)c3cccc4ccccc34)[nH]n2)c1F. The standard InChI is InChI=1S/C28H31FN6O3/c1-4-20-24(29)25(34-31-20)26(36)30-23-16-21(32-33-23)22-14-7-8-15-35(22)27(37)28(2,38-3)19-13-9-11-17-10-5-6-12-18(17)19/h5-6,9-13,16,22H,4,7-8,14-15H2,1-3H3,(H,31,34)(H2,30,32,33,36). The first-order valence-electron chi connectivity index (χ1n) is 12.8. The number of carbonyl (C=O) groups is 2. The van der Waals surface area contributed by atoms with Gasteiger partial charge in [-0.25, -0.2) is 4.39 Å². The second kappa shape index (κ2) is 10.4. The van der Waals surface area contributed by atoms with Crippen molar-refractivity contribution in [3.63, 3.8) is 0 Å². The molecule has 5 rings (SSSR count). The maximum atomic E-state index is 14.4. The average Bonchev–Trinajstić information content (AvgIpc) is 3.57. The molecule has 0 aliphatic carbocycles. The van der Waals surface area contributed by atoms with Gasteiger partial charge in [0.1, 0.15) is 0 Å². The first kappa shape index (κ1) is 25.6. The summed E-state index contributed by atoms with van der Waals surface area (Å²) in [5, 5.41) is 18.1. The Morgan fingerprint density at radius 2 is 1.95 bits per heavy atom. The van der Waals surface area contributed by atoms with Crippen LogP contribution in [0.15, 0.2) is 48.5 Å². The minimum absolute atomic E-state index is 0.146. The molecule has 3 N–H and O–H groups in total. The van der Waals surface area contributed by atoms with Crippen LogP contribution in [0, 0.1) is 5.82 Å². The molecule has 9 nitrogen and oxygen atoms in total. The molecule has 2 atom stereocenters. The Morgan fingerprint density at radius 3 is 2.71 bits per heavy atom. The zero-order valence-corrected chi connectivity index (χ0v) is 21.7. The van der Waals surface area contributed by atoms with Crippen LogP contribution in [0.5, 0.6) is 0 Å². The van der Waals surface area contributed by atoms with Crippen LogP contribution >= 0.6 is 0 Å². The van der Waals surface area contributed by atoms with Crippen molar-refractivity contribution >= 4 is 28.4 Å².